The fourth-order valence-electron chi connectivity index (χ4n) is 2.17. The number of benzene rings is 1. The smallest absolute Gasteiger partial charge is 0.198 e. The summed E-state index contributed by atoms with van der Waals surface area (Å²) in [6.45, 7) is 1.57. The highest BCUT2D eigenvalue weighted by molar-refractivity contribution is 7.71. The van der Waals surface area contributed by atoms with Crippen LogP contribution in [0.15, 0.2) is 24.5 Å². The standard InChI is InChI=1S/C15H22N4O2S/c1-17(11-19-15(22)18(2)10-16-19)8-7-12-5-6-13(20-3)14(9-12)21-4/h5-6,9-10H,7-8,11H2,1-4H3. The van der Waals surface area contributed by atoms with Crippen LogP contribution in [0.4, 0.5) is 0 Å². The first kappa shape index (κ1) is 16.5. The van der Waals surface area contributed by atoms with Gasteiger partial charge in [-0.2, -0.15) is 5.10 Å². The highest BCUT2D eigenvalue weighted by Crippen LogP contribution is 2.27. The third-order valence-electron chi connectivity index (χ3n) is 3.49. The zero-order valence-electron chi connectivity index (χ0n) is 13.4. The van der Waals surface area contributed by atoms with Crippen LogP contribution in [0.2, 0.25) is 0 Å². The molecule has 1 aromatic heterocycles. The van der Waals surface area contributed by atoms with Crippen molar-refractivity contribution in [3.05, 3.63) is 34.9 Å². The van der Waals surface area contributed by atoms with E-state index in [1.165, 1.54) is 5.56 Å². The lowest BCUT2D eigenvalue weighted by atomic mass is 10.1. The summed E-state index contributed by atoms with van der Waals surface area (Å²) in [6.07, 6.45) is 2.64. The Balaban J connectivity index is 1.95. The third-order valence-corrected chi connectivity index (χ3v) is 3.99. The van der Waals surface area contributed by atoms with E-state index in [1.807, 2.05) is 28.4 Å². The van der Waals surface area contributed by atoms with Gasteiger partial charge in [0.1, 0.15) is 6.33 Å². The minimum Gasteiger partial charge on any atom is -0.493 e. The molecule has 120 valence electrons. The summed E-state index contributed by atoms with van der Waals surface area (Å²) in [5, 5.41) is 4.26. The molecule has 0 aliphatic carbocycles. The molecule has 0 radical (unpaired) electrons. The van der Waals surface area contributed by atoms with Gasteiger partial charge in [-0.25, -0.2) is 4.68 Å². The molecular formula is C15H22N4O2S. The van der Waals surface area contributed by atoms with E-state index in [0.29, 0.717) is 6.67 Å². The van der Waals surface area contributed by atoms with Crippen molar-refractivity contribution >= 4 is 12.2 Å². The fourth-order valence-corrected chi connectivity index (χ4v) is 2.33. The van der Waals surface area contributed by atoms with Crippen molar-refractivity contribution in [1.82, 2.24) is 19.2 Å². The SMILES string of the molecule is COc1ccc(CCN(C)Cn2ncn(C)c2=S)cc1OC. The van der Waals surface area contributed by atoms with Crippen molar-refractivity contribution in [3.8, 4) is 11.5 Å². The Labute approximate surface area is 135 Å². The van der Waals surface area contributed by atoms with Crippen LogP contribution < -0.4 is 9.47 Å². The average Bonchev–Trinajstić information content (AvgIpc) is 2.84. The van der Waals surface area contributed by atoms with Gasteiger partial charge in [0.25, 0.3) is 0 Å². The van der Waals surface area contributed by atoms with Gasteiger partial charge in [-0.15, -0.1) is 0 Å². The largest absolute Gasteiger partial charge is 0.493 e. The van der Waals surface area contributed by atoms with Crippen molar-refractivity contribution in [2.24, 2.45) is 7.05 Å². The summed E-state index contributed by atoms with van der Waals surface area (Å²) >= 11 is 5.29. The van der Waals surface area contributed by atoms with Gasteiger partial charge in [0.15, 0.2) is 16.3 Å². The second-order valence-electron chi connectivity index (χ2n) is 5.18. The number of hydrogen-bond acceptors (Lipinski definition) is 5. The van der Waals surface area contributed by atoms with Gasteiger partial charge in [-0.1, -0.05) is 6.07 Å². The van der Waals surface area contributed by atoms with E-state index in [9.17, 15) is 0 Å². The maximum absolute atomic E-state index is 5.33. The van der Waals surface area contributed by atoms with E-state index in [1.54, 1.807) is 20.5 Å². The molecule has 0 saturated carbocycles. The highest BCUT2D eigenvalue weighted by atomic mass is 32.1. The first-order valence-corrected chi connectivity index (χ1v) is 7.44. The van der Waals surface area contributed by atoms with Crippen LogP contribution in [0.3, 0.4) is 0 Å². The van der Waals surface area contributed by atoms with Crippen LogP contribution in [0.5, 0.6) is 11.5 Å². The molecule has 2 aromatic rings. The average molecular weight is 322 g/mol. The van der Waals surface area contributed by atoms with Crippen molar-refractivity contribution in [2.75, 3.05) is 27.8 Å². The maximum atomic E-state index is 5.33. The summed E-state index contributed by atoms with van der Waals surface area (Å²) in [4.78, 5) is 2.18. The van der Waals surface area contributed by atoms with E-state index < -0.39 is 0 Å². The van der Waals surface area contributed by atoms with E-state index >= 15 is 0 Å². The van der Waals surface area contributed by atoms with Crippen molar-refractivity contribution < 1.29 is 9.47 Å². The molecule has 0 saturated heterocycles. The Morgan fingerprint density at radius 3 is 2.55 bits per heavy atom. The van der Waals surface area contributed by atoms with Crippen LogP contribution in [0.1, 0.15) is 5.56 Å². The summed E-state index contributed by atoms with van der Waals surface area (Å²) in [6, 6.07) is 6.00. The summed E-state index contributed by atoms with van der Waals surface area (Å²) in [5.74, 6) is 1.51. The molecule has 0 atom stereocenters. The Morgan fingerprint density at radius 1 is 1.23 bits per heavy atom. The zero-order chi connectivity index (χ0) is 16.1. The minimum atomic E-state index is 0.674. The number of likely N-dealkylation sites (N-methyl/N-ethyl adjacent to an activating group) is 1. The fraction of sp³-hybridized carbons (Fsp3) is 0.467. The van der Waals surface area contributed by atoms with E-state index in [0.717, 1.165) is 29.2 Å². The number of aryl methyl sites for hydroxylation is 1. The first-order chi connectivity index (χ1) is 10.5. The Morgan fingerprint density at radius 2 is 1.95 bits per heavy atom. The van der Waals surface area contributed by atoms with E-state index in [4.69, 9.17) is 21.7 Å². The van der Waals surface area contributed by atoms with Crippen LogP contribution >= 0.6 is 12.2 Å². The molecule has 1 heterocycles. The van der Waals surface area contributed by atoms with Gasteiger partial charge in [-0.3, -0.25) is 4.90 Å². The number of rotatable bonds is 7. The van der Waals surface area contributed by atoms with Crippen LogP contribution in [-0.2, 0) is 20.1 Å². The number of methoxy groups -OCH3 is 2. The Hall–Kier alpha value is -1.86. The number of nitrogens with zero attached hydrogens (tertiary/aromatic N) is 4. The first-order valence-electron chi connectivity index (χ1n) is 7.03. The van der Waals surface area contributed by atoms with Gasteiger partial charge in [0.05, 0.1) is 20.9 Å². The van der Waals surface area contributed by atoms with E-state index in [2.05, 4.69) is 23.1 Å². The van der Waals surface area contributed by atoms with E-state index in [-0.39, 0.29) is 0 Å². The van der Waals surface area contributed by atoms with Gasteiger partial charge >= 0.3 is 0 Å². The molecule has 0 fully saturated rings. The zero-order valence-corrected chi connectivity index (χ0v) is 14.3. The van der Waals surface area contributed by atoms with Gasteiger partial charge in [0, 0.05) is 13.6 Å². The summed E-state index contributed by atoms with van der Waals surface area (Å²) in [5.41, 5.74) is 1.20. The molecule has 6 nitrogen and oxygen atoms in total. The molecule has 22 heavy (non-hydrogen) atoms. The maximum Gasteiger partial charge on any atom is 0.198 e. The van der Waals surface area contributed by atoms with Crippen LogP contribution in [0.25, 0.3) is 0 Å². The third kappa shape index (κ3) is 3.86. The van der Waals surface area contributed by atoms with Crippen LogP contribution in [0, 0.1) is 4.77 Å². The summed E-state index contributed by atoms with van der Waals surface area (Å²) in [7, 11) is 7.24. The van der Waals surface area contributed by atoms with Gasteiger partial charge < -0.3 is 14.0 Å². The minimum absolute atomic E-state index is 0.674. The lowest BCUT2D eigenvalue weighted by molar-refractivity contribution is 0.254. The van der Waals surface area contributed by atoms with Gasteiger partial charge in [0.2, 0.25) is 0 Å². The molecule has 0 aliphatic rings. The normalized spacial score (nSPS) is 11.0. The quantitative estimate of drug-likeness (QED) is 0.731. The summed E-state index contributed by atoms with van der Waals surface area (Å²) < 4.78 is 14.9. The van der Waals surface area contributed by atoms with Crippen LogP contribution in [-0.4, -0.2) is 47.1 Å². The lowest BCUT2D eigenvalue weighted by Gasteiger charge is -2.17. The lowest BCUT2D eigenvalue weighted by Crippen LogP contribution is -2.25. The molecule has 7 heteroatoms. The molecule has 1 aromatic carbocycles. The van der Waals surface area contributed by atoms with Gasteiger partial charge in [-0.05, 0) is 43.4 Å². The molecule has 0 N–H and O–H groups in total. The predicted octanol–water partition coefficient (Wildman–Crippen LogP) is 2.10. The molecule has 0 spiro atoms. The highest BCUT2D eigenvalue weighted by Gasteiger charge is 2.07. The second-order valence-corrected chi connectivity index (χ2v) is 5.55. The van der Waals surface area contributed by atoms with Crippen molar-refractivity contribution in [1.29, 1.82) is 0 Å². The Bertz CT molecular complexity index is 680. The van der Waals surface area contributed by atoms with Crippen molar-refractivity contribution in [2.45, 2.75) is 13.1 Å². The molecule has 0 amide bonds. The number of ether oxygens (including phenoxy) is 2. The second kappa shape index (κ2) is 7.42. The molecule has 2 rings (SSSR count). The molecule has 0 aliphatic heterocycles. The molecule has 0 unspecified atom stereocenters. The Kier molecular flexibility index (Phi) is 5.57. The molecule has 0 bridgehead atoms. The predicted molar refractivity (Wildman–Crippen MR) is 87.9 cm³/mol. The number of hydrogen-bond donors (Lipinski definition) is 0. The molecular weight excluding hydrogens is 300 g/mol. The monoisotopic (exact) mass is 322 g/mol. The topological polar surface area (TPSA) is 44.5 Å². The van der Waals surface area contributed by atoms with Crippen molar-refractivity contribution in [3.63, 3.8) is 0 Å². The number of aromatic nitrogens is 3.